The Labute approximate surface area is 104 Å². The number of hydrogen-bond donors (Lipinski definition) is 2. The quantitative estimate of drug-likeness (QED) is 0.675. The second kappa shape index (κ2) is 4.03. The van der Waals surface area contributed by atoms with Crippen LogP contribution in [0.3, 0.4) is 0 Å². The van der Waals surface area contributed by atoms with E-state index in [-0.39, 0.29) is 0 Å². The van der Waals surface area contributed by atoms with Crippen molar-refractivity contribution in [2.45, 2.75) is 6.92 Å². The van der Waals surface area contributed by atoms with Crippen LogP contribution >= 0.6 is 0 Å². The van der Waals surface area contributed by atoms with Crippen LogP contribution in [0.15, 0.2) is 41.2 Å². The lowest BCUT2D eigenvalue weighted by Gasteiger charge is -2.04. The first-order valence-corrected chi connectivity index (χ1v) is 5.56. The number of aryl methyl sites for hydroxylation is 1. The van der Waals surface area contributed by atoms with Crippen LogP contribution in [-0.2, 0) is 0 Å². The Bertz CT molecular complexity index is 670. The molecule has 5 nitrogen and oxygen atoms in total. The van der Waals surface area contributed by atoms with Crippen molar-refractivity contribution in [3.8, 4) is 22.8 Å². The van der Waals surface area contributed by atoms with Gasteiger partial charge in [-0.2, -0.15) is 5.10 Å². The van der Waals surface area contributed by atoms with Gasteiger partial charge in [0, 0.05) is 11.3 Å². The summed E-state index contributed by atoms with van der Waals surface area (Å²) < 4.78 is 5.01. The molecule has 0 fully saturated rings. The molecule has 0 saturated heterocycles. The van der Waals surface area contributed by atoms with Gasteiger partial charge >= 0.3 is 0 Å². The third-order valence-electron chi connectivity index (χ3n) is 2.84. The molecule has 2 heterocycles. The van der Waals surface area contributed by atoms with E-state index in [2.05, 4.69) is 15.2 Å². The second-order valence-electron chi connectivity index (χ2n) is 4.06. The van der Waals surface area contributed by atoms with Crippen molar-refractivity contribution in [1.82, 2.24) is 15.2 Å². The molecule has 0 unspecified atom stereocenters. The number of nitrogens with two attached hydrogens (primary N) is 1. The molecule has 90 valence electrons. The minimum atomic E-state index is 0.597. The first kappa shape index (κ1) is 10.6. The summed E-state index contributed by atoms with van der Waals surface area (Å²) in [5.74, 6) is 1.26. The smallest absolute Gasteiger partial charge is 0.184 e. The fourth-order valence-corrected chi connectivity index (χ4v) is 1.79. The summed E-state index contributed by atoms with van der Waals surface area (Å²) in [6.07, 6.45) is 3.19. The lowest BCUT2D eigenvalue weighted by atomic mass is 10.1. The molecule has 1 aromatic carbocycles. The molecular weight excluding hydrogens is 228 g/mol. The molecule has 0 spiro atoms. The number of H-pyrrole nitrogens is 1. The number of anilines is 1. The highest BCUT2D eigenvalue weighted by atomic mass is 16.3. The fourth-order valence-electron chi connectivity index (χ4n) is 1.79. The van der Waals surface area contributed by atoms with E-state index in [0.29, 0.717) is 17.3 Å². The highest BCUT2D eigenvalue weighted by Gasteiger charge is 2.11. The zero-order valence-electron chi connectivity index (χ0n) is 9.84. The van der Waals surface area contributed by atoms with Crippen LogP contribution in [-0.4, -0.2) is 15.2 Å². The molecule has 3 aromatic rings. The van der Waals surface area contributed by atoms with Crippen LogP contribution in [0.25, 0.3) is 22.8 Å². The molecule has 0 saturated carbocycles. The van der Waals surface area contributed by atoms with E-state index in [1.807, 2.05) is 31.2 Å². The molecule has 0 aliphatic rings. The average Bonchev–Trinajstić information content (AvgIpc) is 3.01. The van der Waals surface area contributed by atoms with Crippen LogP contribution in [0.4, 0.5) is 5.69 Å². The lowest BCUT2D eigenvalue weighted by Crippen LogP contribution is -1.94. The summed E-state index contributed by atoms with van der Waals surface area (Å²) in [7, 11) is 0. The maximum Gasteiger partial charge on any atom is 0.184 e. The number of benzene rings is 1. The van der Waals surface area contributed by atoms with Crippen molar-refractivity contribution in [2.24, 2.45) is 0 Å². The van der Waals surface area contributed by atoms with Crippen molar-refractivity contribution >= 4 is 5.69 Å². The Morgan fingerprint density at radius 1 is 1.28 bits per heavy atom. The van der Waals surface area contributed by atoms with E-state index in [4.69, 9.17) is 10.2 Å². The Balaban J connectivity index is 2.06. The third-order valence-corrected chi connectivity index (χ3v) is 2.84. The SMILES string of the molecule is Cc1cccc(-c2nc(-c3ccoc3)n[nH]2)c1N. The molecule has 0 amide bonds. The average molecular weight is 240 g/mol. The van der Waals surface area contributed by atoms with E-state index < -0.39 is 0 Å². The van der Waals surface area contributed by atoms with Gasteiger partial charge in [-0.3, -0.25) is 5.10 Å². The highest BCUT2D eigenvalue weighted by molar-refractivity contribution is 5.74. The molecule has 0 radical (unpaired) electrons. The van der Waals surface area contributed by atoms with Crippen molar-refractivity contribution in [3.63, 3.8) is 0 Å². The number of hydrogen-bond acceptors (Lipinski definition) is 4. The number of aromatic nitrogens is 3. The fraction of sp³-hybridized carbons (Fsp3) is 0.0769. The van der Waals surface area contributed by atoms with Crippen LogP contribution < -0.4 is 5.73 Å². The summed E-state index contributed by atoms with van der Waals surface area (Å²) >= 11 is 0. The standard InChI is InChI=1S/C13H12N4O/c1-8-3-2-4-10(11(8)14)13-15-12(16-17-13)9-5-6-18-7-9/h2-7H,14H2,1H3,(H,15,16,17). The summed E-state index contributed by atoms with van der Waals surface area (Å²) in [5, 5.41) is 7.05. The molecule has 3 rings (SSSR count). The molecule has 18 heavy (non-hydrogen) atoms. The van der Waals surface area contributed by atoms with E-state index >= 15 is 0 Å². The van der Waals surface area contributed by atoms with Crippen molar-refractivity contribution in [1.29, 1.82) is 0 Å². The summed E-state index contributed by atoms with van der Waals surface area (Å²) in [4.78, 5) is 4.42. The number of rotatable bonds is 2. The summed E-state index contributed by atoms with van der Waals surface area (Å²) in [6.45, 7) is 1.96. The van der Waals surface area contributed by atoms with Crippen molar-refractivity contribution < 1.29 is 4.42 Å². The normalized spacial score (nSPS) is 10.7. The monoisotopic (exact) mass is 240 g/mol. The van der Waals surface area contributed by atoms with E-state index in [1.165, 1.54) is 0 Å². The summed E-state index contributed by atoms with van der Waals surface area (Å²) in [5.41, 5.74) is 9.47. The van der Waals surface area contributed by atoms with Crippen LogP contribution in [0.2, 0.25) is 0 Å². The van der Waals surface area contributed by atoms with E-state index in [0.717, 1.165) is 16.7 Å². The van der Waals surface area contributed by atoms with Crippen molar-refractivity contribution in [2.75, 3.05) is 5.73 Å². The van der Waals surface area contributed by atoms with Gasteiger partial charge in [-0.25, -0.2) is 4.98 Å². The predicted octanol–water partition coefficient (Wildman–Crippen LogP) is 2.62. The Morgan fingerprint density at radius 3 is 2.94 bits per heavy atom. The number of nitrogens with zero attached hydrogens (tertiary/aromatic N) is 2. The number of nitrogen functional groups attached to an aromatic ring is 1. The molecule has 3 N–H and O–H groups in total. The summed E-state index contributed by atoms with van der Waals surface area (Å²) in [6, 6.07) is 7.64. The van der Waals surface area contributed by atoms with Gasteiger partial charge in [0.1, 0.15) is 6.26 Å². The number of para-hydroxylation sites is 1. The minimum Gasteiger partial charge on any atom is -0.472 e. The topological polar surface area (TPSA) is 80.7 Å². The Kier molecular flexibility index (Phi) is 2.37. The Morgan fingerprint density at radius 2 is 2.17 bits per heavy atom. The molecule has 0 atom stereocenters. The first-order chi connectivity index (χ1) is 8.75. The molecular formula is C13H12N4O. The van der Waals surface area contributed by atoms with Gasteiger partial charge in [-0.05, 0) is 24.6 Å². The molecule has 0 aliphatic carbocycles. The highest BCUT2D eigenvalue weighted by Crippen LogP contribution is 2.26. The molecule has 2 aromatic heterocycles. The van der Waals surface area contributed by atoms with Gasteiger partial charge in [0.25, 0.3) is 0 Å². The van der Waals surface area contributed by atoms with Gasteiger partial charge in [0.15, 0.2) is 11.6 Å². The second-order valence-corrected chi connectivity index (χ2v) is 4.06. The van der Waals surface area contributed by atoms with Gasteiger partial charge in [-0.1, -0.05) is 12.1 Å². The van der Waals surface area contributed by atoms with Gasteiger partial charge in [0.2, 0.25) is 0 Å². The van der Waals surface area contributed by atoms with Gasteiger partial charge in [0.05, 0.1) is 11.8 Å². The minimum absolute atomic E-state index is 0.597. The maximum absolute atomic E-state index is 6.04. The van der Waals surface area contributed by atoms with Crippen LogP contribution in [0, 0.1) is 6.92 Å². The van der Waals surface area contributed by atoms with Crippen LogP contribution in [0.5, 0.6) is 0 Å². The van der Waals surface area contributed by atoms with Gasteiger partial charge in [-0.15, -0.1) is 0 Å². The zero-order chi connectivity index (χ0) is 12.5. The number of nitrogens with one attached hydrogen (secondary N) is 1. The molecule has 0 aliphatic heterocycles. The molecule has 0 bridgehead atoms. The maximum atomic E-state index is 6.04. The molecule has 5 heteroatoms. The predicted molar refractivity (Wildman–Crippen MR) is 68.7 cm³/mol. The lowest BCUT2D eigenvalue weighted by molar-refractivity contribution is 0.568. The van der Waals surface area contributed by atoms with Crippen molar-refractivity contribution in [3.05, 3.63) is 42.4 Å². The zero-order valence-corrected chi connectivity index (χ0v) is 9.84. The Hall–Kier alpha value is -2.56. The third kappa shape index (κ3) is 1.66. The first-order valence-electron chi connectivity index (χ1n) is 5.56. The number of furan rings is 1. The number of aromatic amines is 1. The largest absolute Gasteiger partial charge is 0.472 e. The van der Waals surface area contributed by atoms with Crippen LogP contribution in [0.1, 0.15) is 5.56 Å². The van der Waals surface area contributed by atoms with E-state index in [9.17, 15) is 0 Å². The van der Waals surface area contributed by atoms with E-state index in [1.54, 1.807) is 12.5 Å². The van der Waals surface area contributed by atoms with Gasteiger partial charge < -0.3 is 10.2 Å².